The lowest BCUT2D eigenvalue weighted by Crippen LogP contribution is -2.20. The number of aryl methyl sites for hydroxylation is 1. The van der Waals surface area contributed by atoms with E-state index in [1.807, 2.05) is 60.0 Å². The third-order valence-corrected chi connectivity index (χ3v) is 5.94. The molecule has 0 aliphatic rings. The smallest absolute Gasteiger partial charge is 0.262 e. The van der Waals surface area contributed by atoms with Gasteiger partial charge in [-0.25, -0.2) is 4.98 Å². The maximum absolute atomic E-state index is 13.0. The van der Waals surface area contributed by atoms with Gasteiger partial charge in [-0.1, -0.05) is 46.3 Å². The van der Waals surface area contributed by atoms with Crippen LogP contribution in [-0.4, -0.2) is 16.2 Å². The number of rotatable bonds is 7. The van der Waals surface area contributed by atoms with Crippen LogP contribution in [0.15, 0.2) is 75.6 Å². The number of unbranched alkanes of at least 4 members (excludes halogenated alkanes) is 1. The van der Waals surface area contributed by atoms with Crippen molar-refractivity contribution < 1.29 is 4.74 Å². The second-order valence-electron chi connectivity index (χ2n) is 6.45. The van der Waals surface area contributed by atoms with Crippen LogP contribution in [0.2, 0.25) is 0 Å². The Hall–Kier alpha value is -2.44. The lowest BCUT2D eigenvalue weighted by molar-refractivity contribution is 0.303. The van der Waals surface area contributed by atoms with Crippen LogP contribution in [0, 0.1) is 0 Å². The number of para-hydroxylation sites is 1. The van der Waals surface area contributed by atoms with Gasteiger partial charge < -0.3 is 4.74 Å². The van der Waals surface area contributed by atoms with Gasteiger partial charge in [-0.2, -0.15) is 0 Å². The van der Waals surface area contributed by atoms with E-state index in [0.717, 1.165) is 39.0 Å². The predicted octanol–water partition coefficient (Wildman–Crippen LogP) is 5.75. The van der Waals surface area contributed by atoms with Crippen molar-refractivity contribution >= 4 is 37.5 Å². The molecular weight excluding hydrogens is 436 g/mol. The van der Waals surface area contributed by atoms with Crippen LogP contribution in [0.1, 0.15) is 12.8 Å². The van der Waals surface area contributed by atoms with Gasteiger partial charge in [0, 0.05) is 22.0 Å². The number of fused-ring (bicyclic) bond motifs is 1. The van der Waals surface area contributed by atoms with Crippen molar-refractivity contribution in [3.63, 3.8) is 0 Å². The number of thiophene rings is 1. The van der Waals surface area contributed by atoms with E-state index in [1.54, 1.807) is 10.9 Å². The number of halogens is 1. The summed E-state index contributed by atoms with van der Waals surface area (Å²) in [6.07, 6.45) is 3.39. The molecule has 6 heteroatoms. The van der Waals surface area contributed by atoms with Gasteiger partial charge in [-0.05, 0) is 42.7 Å². The van der Waals surface area contributed by atoms with Crippen LogP contribution in [0.3, 0.4) is 0 Å². The molecule has 0 aliphatic carbocycles. The zero-order chi connectivity index (χ0) is 19.3. The molecule has 0 unspecified atom stereocenters. The van der Waals surface area contributed by atoms with Gasteiger partial charge >= 0.3 is 0 Å². The van der Waals surface area contributed by atoms with E-state index in [2.05, 4.69) is 20.9 Å². The summed E-state index contributed by atoms with van der Waals surface area (Å²) in [7, 11) is 0. The maximum atomic E-state index is 13.0. The lowest BCUT2D eigenvalue weighted by atomic mass is 10.1. The Morgan fingerprint density at radius 2 is 1.82 bits per heavy atom. The molecule has 0 saturated carbocycles. The molecule has 4 nitrogen and oxygen atoms in total. The molecule has 0 fully saturated rings. The summed E-state index contributed by atoms with van der Waals surface area (Å²) in [6.45, 7) is 1.27. The summed E-state index contributed by atoms with van der Waals surface area (Å²) in [6, 6.07) is 17.8. The molecule has 28 heavy (non-hydrogen) atoms. The first-order valence-corrected chi connectivity index (χ1v) is 10.8. The number of nitrogens with zero attached hydrogens (tertiary/aromatic N) is 2. The molecule has 4 aromatic rings. The fourth-order valence-electron chi connectivity index (χ4n) is 3.06. The SMILES string of the molecule is O=c1c2c(-c3ccc(Br)cc3)csc2ncn1CCCCOc1ccccc1. The van der Waals surface area contributed by atoms with E-state index in [9.17, 15) is 4.79 Å². The monoisotopic (exact) mass is 454 g/mol. The van der Waals surface area contributed by atoms with Crippen molar-refractivity contribution in [3.8, 4) is 16.9 Å². The first-order valence-electron chi connectivity index (χ1n) is 9.13. The molecule has 0 aliphatic heterocycles. The van der Waals surface area contributed by atoms with Gasteiger partial charge in [-0.15, -0.1) is 11.3 Å². The van der Waals surface area contributed by atoms with E-state index in [0.29, 0.717) is 18.5 Å². The van der Waals surface area contributed by atoms with Crippen molar-refractivity contribution in [3.05, 3.63) is 81.1 Å². The van der Waals surface area contributed by atoms with Crippen LogP contribution in [0.4, 0.5) is 0 Å². The second-order valence-corrected chi connectivity index (χ2v) is 8.22. The van der Waals surface area contributed by atoms with E-state index in [1.165, 1.54) is 11.3 Å². The van der Waals surface area contributed by atoms with Gasteiger partial charge in [0.1, 0.15) is 10.6 Å². The minimum absolute atomic E-state index is 0.0214. The Bertz CT molecular complexity index is 1120. The van der Waals surface area contributed by atoms with Crippen LogP contribution in [0.5, 0.6) is 5.75 Å². The van der Waals surface area contributed by atoms with Crippen molar-refractivity contribution in [1.29, 1.82) is 0 Å². The molecule has 142 valence electrons. The molecule has 2 aromatic heterocycles. The molecule has 0 radical (unpaired) electrons. The molecule has 0 atom stereocenters. The molecule has 0 spiro atoms. The van der Waals surface area contributed by atoms with E-state index in [-0.39, 0.29) is 5.56 Å². The Morgan fingerprint density at radius 3 is 2.61 bits per heavy atom. The Labute approximate surface area is 175 Å². The number of hydrogen-bond donors (Lipinski definition) is 0. The summed E-state index contributed by atoms with van der Waals surface area (Å²) >= 11 is 4.96. The van der Waals surface area contributed by atoms with Crippen molar-refractivity contribution in [2.45, 2.75) is 19.4 Å². The van der Waals surface area contributed by atoms with Crippen molar-refractivity contribution in [1.82, 2.24) is 9.55 Å². The van der Waals surface area contributed by atoms with Crippen LogP contribution >= 0.6 is 27.3 Å². The summed E-state index contributed by atoms with van der Waals surface area (Å²) in [5.41, 5.74) is 2.00. The number of aromatic nitrogens is 2. The zero-order valence-corrected chi connectivity index (χ0v) is 17.6. The highest BCUT2D eigenvalue weighted by atomic mass is 79.9. The van der Waals surface area contributed by atoms with Gasteiger partial charge in [-0.3, -0.25) is 9.36 Å². The number of ether oxygens (including phenoxy) is 1. The number of benzene rings is 2. The van der Waals surface area contributed by atoms with E-state index < -0.39 is 0 Å². The quantitative estimate of drug-likeness (QED) is 0.334. The number of hydrogen-bond acceptors (Lipinski definition) is 4. The highest BCUT2D eigenvalue weighted by Gasteiger charge is 2.13. The molecule has 0 amide bonds. The summed E-state index contributed by atoms with van der Waals surface area (Å²) in [4.78, 5) is 18.3. The summed E-state index contributed by atoms with van der Waals surface area (Å²) in [5, 5.41) is 2.72. The minimum atomic E-state index is 0.0214. The second kappa shape index (κ2) is 8.71. The molecule has 0 bridgehead atoms. The van der Waals surface area contributed by atoms with Gasteiger partial charge in [0.15, 0.2) is 0 Å². The van der Waals surface area contributed by atoms with Crippen LogP contribution < -0.4 is 10.3 Å². The van der Waals surface area contributed by atoms with Gasteiger partial charge in [0.05, 0.1) is 18.3 Å². The average Bonchev–Trinajstić information content (AvgIpc) is 3.16. The summed E-state index contributed by atoms with van der Waals surface area (Å²) < 4.78 is 8.44. The van der Waals surface area contributed by atoms with E-state index in [4.69, 9.17) is 4.74 Å². The minimum Gasteiger partial charge on any atom is -0.494 e. The topological polar surface area (TPSA) is 44.1 Å². The molecule has 0 saturated heterocycles. The lowest BCUT2D eigenvalue weighted by Gasteiger charge is -2.08. The highest BCUT2D eigenvalue weighted by Crippen LogP contribution is 2.31. The molecule has 4 rings (SSSR count). The molecule has 0 N–H and O–H groups in total. The summed E-state index contributed by atoms with van der Waals surface area (Å²) in [5.74, 6) is 0.875. The van der Waals surface area contributed by atoms with E-state index >= 15 is 0 Å². The largest absolute Gasteiger partial charge is 0.494 e. The third kappa shape index (κ3) is 4.18. The van der Waals surface area contributed by atoms with Crippen molar-refractivity contribution in [2.24, 2.45) is 0 Å². The molecule has 2 heterocycles. The Kier molecular flexibility index (Phi) is 5.88. The fraction of sp³-hybridized carbons (Fsp3) is 0.182. The van der Waals surface area contributed by atoms with Crippen LogP contribution in [0.25, 0.3) is 21.3 Å². The average molecular weight is 455 g/mol. The predicted molar refractivity (Wildman–Crippen MR) is 118 cm³/mol. The first-order chi connectivity index (χ1) is 13.7. The highest BCUT2D eigenvalue weighted by molar-refractivity contribution is 9.10. The molecule has 2 aromatic carbocycles. The van der Waals surface area contributed by atoms with Gasteiger partial charge in [0.25, 0.3) is 5.56 Å². The maximum Gasteiger partial charge on any atom is 0.262 e. The first kappa shape index (κ1) is 18.9. The fourth-order valence-corrected chi connectivity index (χ4v) is 4.23. The van der Waals surface area contributed by atoms with Crippen LogP contribution in [-0.2, 0) is 6.54 Å². The Morgan fingerprint density at radius 1 is 1.04 bits per heavy atom. The molecular formula is C22H19BrN2O2S. The normalized spacial score (nSPS) is 11.0. The van der Waals surface area contributed by atoms with Crippen molar-refractivity contribution in [2.75, 3.05) is 6.61 Å². The third-order valence-electron chi connectivity index (χ3n) is 4.52. The zero-order valence-electron chi connectivity index (χ0n) is 15.2. The van der Waals surface area contributed by atoms with Gasteiger partial charge in [0.2, 0.25) is 0 Å². The Balaban J connectivity index is 1.46. The standard InChI is InChI=1S/C22H19BrN2O2S/c23-17-10-8-16(9-11-17)19-14-28-21-20(19)22(26)25(15-24-21)12-4-5-13-27-18-6-2-1-3-7-18/h1-3,6-11,14-15H,4-5,12-13H2.